The van der Waals surface area contributed by atoms with Crippen LogP contribution in [0.25, 0.3) is 21.8 Å². The number of aromatic nitrogens is 2. The van der Waals surface area contributed by atoms with Gasteiger partial charge >= 0.3 is 6.09 Å². The van der Waals surface area contributed by atoms with Gasteiger partial charge in [-0.25, -0.2) is 9.18 Å². The van der Waals surface area contributed by atoms with E-state index in [2.05, 4.69) is 14.9 Å². The van der Waals surface area contributed by atoms with Crippen molar-refractivity contribution in [3.05, 3.63) is 54.1 Å². The number of H-pyrrole nitrogens is 1. The lowest BCUT2D eigenvalue weighted by Gasteiger charge is -2.37. The van der Waals surface area contributed by atoms with Crippen molar-refractivity contribution in [3.8, 4) is 23.0 Å². The first-order chi connectivity index (χ1) is 16.8. The first kappa shape index (κ1) is 22.9. The largest absolute Gasteiger partial charge is 0.493 e. The molecule has 35 heavy (non-hydrogen) atoms. The lowest BCUT2D eigenvalue weighted by atomic mass is 10.1. The summed E-state index contributed by atoms with van der Waals surface area (Å²) in [7, 11) is 3.53. The molecule has 1 N–H and O–H groups in total. The molecule has 4 aromatic rings. The topological polar surface area (TPSA) is 79.9 Å². The summed E-state index contributed by atoms with van der Waals surface area (Å²) in [5.41, 5.74) is 2.12. The minimum atomic E-state index is -0.457. The van der Waals surface area contributed by atoms with Crippen molar-refractivity contribution in [1.82, 2.24) is 19.8 Å². The maximum atomic E-state index is 15.1. The molecule has 0 aliphatic carbocycles. The monoisotopic (exact) mass is 478 g/mol. The van der Waals surface area contributed by atoms with Crippen molar-refractivity contribution < 1.29 is 23.4 Å². The van der Waals surface area contributed by atoms with E-state index in [4.69, 9.17) is 14.2 Å². The number of halogens is 1. The number of nitrogens with one attached hydrogen (secondary N) is 1. The van der Waals surface area contributed by atoms with Crippen LogP contribution in [0, 0.1) is 12.7 Å². The number of fused-ring (bicyclic) bond motifs is 2. The molecule has 182 valence electrons. The van der Waals surface area contributed by atoms with Gasteiger partial charge in [-0.05, 0) is 51.2 Å². The zero-order chi connectivity index (χ0) is 24.7. The summed E-state index contributed by atoms with van der Waals surface area (Å²) >= 11 is 0. The Morgan fingerprint density at radius 3 is 2.69 bits per heavy atom. The van der Waals surface area contributed by atoms with Crippen LogP contribution in [0.3, 0.4) is 0 Å². The molecule has 3 heterocycles. The summed E-state index contributed by atoms with van der Waals surface area (Å²) in [6, 6.07) is 10.1. The van der Waals surface area contributed by atoms with E-state index >= 15 is 4.39 Å². The molecule has 0 spiro atoms. The summed E-state index contributed by atoms with van der Waals surface area (Å²) in [4.78, 5) is 24.3. The Morgan fingerprint density at radius 2 is 1.91 bits per heavy atom. The number of pyridine rings is 1. The molecular weight excluding hydrogens is 451 g/mol. The van der Waals surface area contributed by atoms with Crippen LogP contribution in [0.1, 0.15) is 12.6 Å². The number of carbonyl (C=O) groups excluding carboxylic acids is 1. The Morgan fingerprint density at radius 1 is 1.09 bits per heavy atom. The van der Waals surface area contributed by atoms with E-state index in [1.807, 2.05) is 20.9 Å². The SMILES string of the molecule is COc1cc2nccc(Oc3ccc4[nH]c(C)cc4c3F)c2cc1OC(=O)N1CCN(C)CC1C. The maximum Gasteiger partial charge on any atom is 0.415 e. The summed E-state index contributed by atoms with van der Waals surface area (Å²) < 4.78 is 32.4. The molecule has 0 bridgehead atoms. The zero-order valence-electron chi connectivity index (χ0n) is 20.1. The second-order valence-electron chi connectivity index (χ2n) is 8.90. The van der Waals surface area contributed by atoms with E-state index in [1.54, 1.807) is 47.5 Å². The number of amides is 1. The van der Waals surface area contributed by atoms with Gasteiger partial charge in [0, 0.05) is 59.9 Å². The lowest BCUT2D eigenvalue weighted by Crippen LogP contribution is -2.53. The molecule has 1 aliphatic rings. The predicted octanol–water partition coefficient (Wildman–Crippen LogP) is 5.10. The van der Waals surface area contributed by atoms with Crippen LogP contribution >= 0.6 is 0 Å². The number of hydrogen-bond acceptors (Lipinski definition) is 6. The minimum absolute atomic E-state index is 0.0169. The van der Waals surface area contributed by atoms with Crippen LogP contribution < -0.4 is 14.2 Å². The molecule has 1 atom stereocenters. The molecule has 2 aromatic carbocycles. The van der Waals surface area contributed by atoms with Crippen molar-refractivity contribution in [3.63, 3.8) is 0 Å². The maximum absolute atomic E-state index is 15.1. The van der Waals surface area contributed by atoms with Gasteiger partial charge in [-0.3, -0.25) is 4.98 Å². The average molecular weight is 479 g/mol. The molecule has 1 unspecified atom stereocenters. The molecule has 0 saturated carbocycles. The number of rotatable bonds is 4. The molecule has 1 amide bonds. The number of piperazine rings is 1. The molecule has 1 saturated heterocycles. The van der Waals surface area contributed by atoms with Gasteiger partial charge in [0.25, 0.3) is 0 Å². The average Bonchev–Trinajstić information content (AvgIpc) is 3.22. The summed E-state index contributed by atoms with van der Waals surface area (Å²) in [5, 5.41) is 1.02. The molecular formula is C26H27FN4O4. The van der Waals surface area contributed by atoms with E-state index in [1.165, 1.54) is 7.11 Å². The highest BCUT2D eigenvalue weighted by atomic mass is 19.1. The van der Waals surface area contributed by atoms with Gasteiger partial charge in [0.1, 0.15) is 5.75 Å². The molecule has 1 aliphatic heterocycles. The van der Waals surface area contributed by atoms with Crippen LogP contribution in [0.4, 0.5) is 9.18 Å². The fraction of sp³-hybridized carbons (Fsp3) is 0.308. The summed E-state index contributed by atoms with van der Waals surface area (Å²) in [6.07, 6.45) is 1.12. The fourth-order valence-corrected chi connectivity index (χ4v) is 4.51. The first-order valence-electron chi connectivity index (χ1n) is 11.4. The second-order valence-corrected chi connectivity index (χ2v) is 8.90. The normalized spacial score (nSPS) is 16.6. The third-order valence-electron chi connectivity index (χ3n) is 6.31. The Hall–Kier alpha value is -3.85. The fourth-order valence-electron chi connectivity index (χ4n) is 4.51. The van der Waals surface area contributed by atoms with Gasteiger partial charge in [0.05, 0.1) is 12.6 Å². The van der Waals surface area contributed by atoms with Gasteiger partial charge < -0.3 is 29.0 Å². The van der Waals surface area contributed by atoms with Gasteiger partial charge in [0.15, 0.2) is 23.1 Å². The molecule has 9 heteroatoms. The van der Waals surface area contributed by atoms with Crippen molar-refractivity contribution in [2.24, 2.45) is 0 Å². The van der Waals surface area contributed by atoms with Gasteiger partial charge in [0.2, 0.25) is 0 Å². The van der Waals surface area contributed by atoms with E-state index in [0.29, 0.717) is 39.8 Å². The lowest BCUT2D eigenvalue weighted by molar-refractivity contribution is 0.0886. The van der Waals surface area contributed by atoms with Crippen molar-refractivity contribution in [1.29, 1.82) is 0 Å². The quantitative estimate of drug-likeness (QED) is 0.440. The van der Waals surface area contributed by atoms with Crippen molar-refractivity contribution in [2.75, 3.05) is 33.8 Å². The number of aromatic amines is 1. The number of aryl methyl sites for hydroxylation is 1. The Kier molecular flexibility index (Phi) is 5.94. The highest BCUT2D eigenvalue weighted by Gasteiger charge is 2.28. The molecule has 0 radical (unpaired) electrons. The predicted molar refractivity (Wildman–Crippen MR) is 131 cm³/mol. The Bertz CT molecular complexity index is 1420. The number of carbonyl (C=O) groups is 1. The second kappa shape index (κ2) is 9.07. The zero-order valence-corrected chi connectivity index (χ0v) is 20.1. The summed E-state index contributed by atoms with van der Waals surface area (Å²) in [5.74, 6) is 0.623. The van der Waals surface area contributed by atoms with Crippen LogP contribution in [0.15, 0.2) is 42.6 Å². The Balaban J connectivity index is 1.49. The van der Waals surface area contributed by atoms with Crippen LogP contribution in [0.2, 0.25) is 0 Å². The standard InChI is InChI=1S/C26H27FN4O4/c1-15-11-18-19(29-15)5-6-22(25(18)27)34-21-7-8-28-20-13-23(33-4)24(12-17(20)21)35-26(32)31-10-9-30(3)14-16(31)2/h5-8,11-13,16,29H,9-10,14H2,1-4H3. The number of hydrogen-bond donors (Lipinski definition) is 1. The van der Waals surface area contributed by atoms with Crippen molar-refractivity contribution >= 4 is 27.9 Å². The molecule has 1 fully saturated rings. The first-order valence-corrected chi connectivity index (χ1v) is 11.4. The third-order valence-corrected chi connectivity index (χ3v) is 6.31. The highest BCUT2D eigenvalue weighted by molar-refractivity contribution is 5.89. The molecule has 8 nitrogen and oxygen atoms in total. The van der Waals surface area contributed by atoms with Gasteiger partial charge in [-0.1, -0.05) is 0 Å². The smallest absolute Gasteiger partial charge is 0.415 e. The van der Waals surface area contributed by atoms with Crippen LogP contribution in [-0.4, -0.2) is 65.7 Å². The van der Waals surface area contributed by atoms with Gasteiger partial charge in [-0.15, -0.1) is 0 Å². The third kappa shape index (κ3) is 4.35. The number of ether oxygens (including phenoxy) is 3. The van der Waals surface area contributed by atoms with E-state index in [-0.39, 0.29) is 17.5 Å². The summed E-state index contributed by atoms with van der Waals surface area (Å²) in [6.45, 7) is 5.97. The van der Waals surface area contributed by atoms with Gasteiger partial charge in [-0.2, -0.15) is 0 Å². The van der Waals surface area contributed by atoms with E-state index in [0.717, 1.165) is 18.8 Å². The number of nitrogens with zero attached hydrogens (tertiary/aromatic N) is 3. The number of benzene rings is 2. The van der Waals surface area contributed by atoms with E-state index in [9.17, 15) is 4.79 Å². The number of likely N-dealkylation sites (N-methyl/N-ethyl adjacent to an activating group) is 1. The minimum Gasteiger partial charge on any atom is -0.493 e. The molecule has 5 rings (SSSR count). The van der Waals surface area contributed by atoms with Crippen molar-refractivity contribution in [2.45, 2.75) is 19.9 Å². The molecule has 2 aromatic heterocycles. The van der Waals surface area contributed by atoms with Crippen LogP contribution in [-0.2, 0) is 0 Å². The van der Waals surface area contributed by atoms with Crippen LogP contribution in [0.5, 0.6) is 23.0 Å². The Labute approximate surface area is 202 Å². The van der Waals surface area contributed by atoms with E-state index < -0.39 is 11.9 Å². The number of methoxy groups -OCH3 is 1. The highest BCUT2D eigenvalue weighted by Crippen LogP contribution is 2.38.